The summed E-state index contributed by atoms with van der Waals surface area (Å²) in [7, 11) is 0. The Bertz CT molecular complexity index is 720. The smallest absolute Gasteiger partial charge is 0.337 e. The summed E-state index contributed by atoms with van der Waals surface area (Å²) in [5.41, 5.74) is 1.75. The minimum absolute atomic E-state index is 0.0977. The Morgan fingerprint density at radius 2 is 2.05 bits per heavy atom. The molecule has 0 aliphatic rings. The molecule has 100 valence electrons. The van der Waals surface area contributed by atoms with Crippen LogP contribution in [0.4, 0.5) is 15.8 Å². The van der Waals surface area contributed by atoms with Crippen LogP contribution in [-0.4, -0.2) is 11.1 Å². The van der Waals surface area contributed by atoms with Crippen LogP contribution in [0.2, 0.25) is 0 Å². The third-order valence-corrected chi connectivity index (χ3v) is 2.77. The van der Waals surface area contributed by atoms with Crippen molar-refractivity contribution >= 4 is 17.3 Å². The number of nitrogens with one attached hydrogen (secondary N) is 1. The molecule has 0 saturated heterocycles. The summed E-state index contributed by atoms with van der Waals surface area (Å²) in [5, 5.41) is 20.8. The van der Waals surface area contributed by atoms with Crippen molar-refractivity contribution in [2.24, 2.45) is 0 Å². The first-order valence-electron chi connectivity index (χ1n) is 5.82. The molecule has 0 radical (unpaired) electrons. The number of aryl methyl sites for hydroxylation is 1. The summed E-state index contributed by atoms with van der Waals surface area (Å²) in [6.07, 6.45) is 0. The van der Waals surface area contributed by atoms with Gasteiger partial charge in [0, 0.05) is 5.69 Å². The highest BCUT2D eigenvalue weighted by atomic mass is 19.1. The van der Waals surface area contributed by atoms with Gasteiger partial charge in [0.1, 0.15) is 11.9 Å². The molecule has 0 aliphatic carbocycles. The van der Waals surface area contributed by atoms with Crippen molar-refractivity contribution in [3.05, 3.63) is 58.9 Å². The van der Waals surface area contributed by atoms with Crippen LogP contribution >= 0.6 is 0 Å². The molecule has 2 rings (SSSR count). The Labute approximate surface area is 115 Å². The number of hydrogen-bond donors (Lipinski definition) is 2. The van der Waals surface area contributed by atoms with Gasteiger partial charge in [-0.2, -0.15) is 5.26 Å². The summed E-state index contributed by atoms with van der Waals surface area (Å²) in [4.78, 5) is 11.1. The maximum absolute atomic E-state index is 13.2. The van der Waals surface area contributed by atoms with Crippen LogP contribution in [0, 0.1) is 24.1 Å². The topological polar surface area (TPSA) is 73.1 Å². The highest BCUT2D eigenvalue weighted by Crippen LogP contribution is 2.24. The number of anilines is 2. The number of hydrogen-bond acceptors (Lipinski definition) is 3. The van der Waals surface area contributed by atoms with Crippen molar-refractivity contribution in [2.45, 2.75) is 6.92 Å². The largest absolute Gasteiger partial charge is 0.478 e. The molecule has 2 aromatic carbocycles. The molecule has 0 amide bonds. The second-order valence-corrected chi connectivity index (χ2v) is 4.29. The highest BCUT2D eigenvalue weighted by Gasteiger charge is 2.11. The molecule has 0 saturated carbocycles. The molecule has 0 bridgehead atoms. The van der Waals surface area contributed by atoms with Crippen LogP contribution in [-0.2, 0) is 0 Å². The summed E-state index contributed by atoms with van der Waals surface area (Å²) in [5.74, 6) is -1.67. The Kier molecular flexibility index (Phi) is 3.67. The lowest BCUT2D eigenvalue weighted by Crippen LogP contribution is -2.03. The third kappa shape index (κ3) is 2.75. The van der Waals surface area contributed by atoms with Crippen molar-refractivity contribution in [2.75, 3.05) is 5.32 Å². The number of carbonyl (C=O) groups is 1. The van der Waals surface area contributed by atoms with Crippen LogP contribution in [0.1, 0.15) is 21.5 Å². The second kappa shape index (κ2) is 5.41. The van der Waals surface area contributed by atoms with E-state index in [-0.39, 0.29) is 11.1 Å². The van der Waals surface area contributed by atoms with Crippen molar-refractivity contribution in [3.63, 3.8) is 0 Å². The number of carboxylic acid groups (broad SMARTS) is 1. The van der Waals surface area contributed by atoms with Gasteiger partial charge in [-0.1, -0.05) is 6.07 Å². The first kappa shape index (κ1) is 13.6. The minimum atomic E-state index is -1.06. The average molecular weight is 270 g/mol. The van der Waals surface area contributed by atoms with Crippen molar-refractivity contribution in [3.8, 4) is 6.07 Å². The molecule has 0 aromatic heterocycles. The fourth-order valence-electron chi connectivity index (χ4n) is 1.79. The molecule has 2 aromatic rings. The standard InChI is InChI=1S/C15H11FN2O2/c1-9-2-4-12(15(19)20)14(6-9)18-11-3-5-13(16)10(7-11)8-17/h2-7,18H,1H3,(H,19,20). The number of nitriles is 1. The Hall–Kier alpha value is -2.87. The first-order chi connectivity index (χ1) is 9.51. The van der Waals surface area contributed by atoms with E-state index in [0.717, 1.165) is 11.6 Å². The van der Waals surface area contributed by atoms with Crippen molar-refractivity contribution in [1.29, 1.82) is 5.26 Å². The normalized spacial score (nSPS) is 9.85. The Balaban J connectivity index is 2.42. The van der Waals surface area contributed by atoms with Gasteiger partial charge in [0.2, 0.25) is 0 Å². The Morgan fingerprint density at radius 3 is 2.70 bits per heavy atom. The van der Waals surface area contributed by atoms with E-state index in [1.54, 1.807) is 18.2 Å². The zero-order chi connectivity index (χ0) is 14.7. The molecule has 20 heavy (non-hydrogen) atoms. The molecular weight excluding hydrogens is 259 g/mol. The van der Waals surface area contributed by atoms with Gasteiger partial charge in [-0.15, -0.1) is 0 Å². The number of carboxylic acids is 1. The van der Waals surface area contributed by atoms with E-state index >= 15 is 0 Å². The van der Waals surface area contributed by atoms with E-state index in [2.05, 4.69) is 5.32 Å². The lowest BCUT2D eigenvalue weighted by Gasteiger charge is -2.11. The molecule has 4 nitrogen and oxygen atoms in total. The van der Waals surface area contributed by atoms with E-state index in [4.69, 9.17) is 10.4 Å². The quantitative estimate of drug-likeness (QED) is 0.895. The first-order valence-corrected chi connectivity index (χ1v) is 5.82. The van der Waals surface area contributed by atoms with Crippen LogP contribution in [0.15, 0.2) is 36.4 Å². The van der Waals surface area contributed by atoms with Crippen LogP contribution in [0.5, 0.6) is 0 Å². The van der Waals surface area contributed by atoms with Crippen LogP contribution in [0.25, 0.3) is 0 Å². The molecule has 0 unspecified atom stereocenters. The van der Waals surface area contributed by atoms with E-state index in [9.17, 15) is 9.18 Å². The number of nitrogens with zero attached hydrogens (tertiary/aromatic N) is 1. The van der Waals surface area contributed by atoms with Gasteiger partial charge in [0.15, 0.2) is 0 Å². The molecule has 5 heteroatoms. The van der Waals surface area contributed by atoms with Gasteiger partial charge in [0.25, 0.3) is 0 Å². The molecular formula is C15H11FN2O2. The molecule has 0 fully saturated rings. The lowest BCUT2D eigenvalue weighted by molar-refractivity contribution is 0.0698. The molecule has 0 aliphatic heterocycles. The van der Waals surface area contributed by atoms with Crippen molar-refractivity contribution < 1.29 is 14.3 Å². The monoisotopic (exact) mass is 270 g/mol. The number of benzene rings is 2. The molecule has 2 N–H and O–H groups in total. The number of halogens is 1. The zero-order valence-electron chi connectivity index (χ0n) is 10.6. The van der Waals surface area contributed by atoms with Gasteiger partial charge in [-0.3, -0.25) is 0 Å². The summed E-state index contributed by atoms with van der Waals surface area (Å²) in [6, 6.07) is 10.6. The van der Waals surface area contributed by atoms with E-state index in [1.165, 1.54) is 18.2 Å². The molecule has 0 spiro atoms. The fourth-order valence-corrected chi connectivity index (χ4v) is 1.79. The van der Waals surface area contributed by atoms with Gasteiger partial charge in [0.05, 0.1) is 16.8 Å². The molecule has 0 heterocycles. The maximum Gasteiger partial charge on any atom is 0.337 e. The maximum atomic E-state index is 13.2. The van der Waals surface area contributed by atoms with Gasteiger partial charge in [-0.05, 0) is 42.8 Å². The minimum Gasteiger partial charge on any atom is -0.478 e. The van der Waals surface area contributed by atoms with Gasteiger partial charge in [-0.25, -0.2) is 9.18 Å². The zero-order valence-corrected chi connectivity index (χ0v) is 10.6. The van der Waals surface area contributed by atoms with Crippen molar-refractivity contribution in [1.82, 2.24) is 0 Å². The number of rotatable bonds is 3. The average Bonchev–Trinajstić information content (AvgIpc) is 2.40. The van der Waals surface area contributed by atoms with Gasteiger partial charge >= 0.3 is 5.97 Å². The summed E-state index contributed by atoms with van der Waals surface area (Å²) >= 11 is 0. The highest BCUT2D eigenvalue weighted by molar-refractivity contribution is 5.95. The third-order valence-electron chi connectivity index (χ3n) is 2.77. The second-order valence-electron chi connectivity index (χ2n) is 4.29. The summed E-state index contributed by atoms with van der Waals surface area (Å²) in [6.45, 7) is 1.84. The Morgan fingerprint density at radius 1 is 1.30 bits per heavy atom. The van der Waals surface area contributed by atoms with Gasteiger partial charge < -0.3 is 10.4 Å². The lowest BCUT2D eigenvalue weighted by atomic mass is 10.1. The van der Waals surface area contributed by atoms with Crippen LogP contribution < -0.4 is 5.32 Å². The number of aromatic carboxylic acids is 1. The van der Waals surface area contributed by atoms with Crippen LogP contribution in [0.3, 0.4) is 0 Å². The predicted molar refractivity (Wildman–Crippen MR) is 72.5 cm³/mol. The van der Waals surface area contributed by atoms with E-state index in [0.29, 0.717) is 11.4 Å². The molecule has 0 atom stereocenters. The summed E-state index contributed by atoms with van der Waals surface area (Å²) < 4.78 is 13.2. The van der Waals surface area contributed by atoms with E-state index < -0.39 is 11.8 Å². The fraction of sp³-hybridized carbons (Fsp3) is 0.0667. The predicted octanol–water partition coefficient (Wildman–Crippen LogP) is 3.45. The SMILES string of the molecule is Cc1ccc(C(=O)O)c(Nc2ccc(F)c(C#N)c2)c1. The van der Waals surface area contributed by atoms with E-state index in [1.807, 2.05) is 6.92 Å².